The molecule has 3 heteroatoms. The lowest BCUT2D eigenvalue weighted by Gasteiger charge is -1.99. The molecular formula is C17H20N2O. The Bertz CT molecular complexity index is 564. The first kappa shape index (κ1) is 14.4. The highest BCUT2D eigenvalue weighted by atomic mass is 16.3. The maximum absolute atomic E-state index is 5.44. The molecule has 0 amide bonds. The topological polar surface area (TPSA) is 51.2 Å². The summed E-state index contributed by atoms with van der Waals surface area (Å²) < 4.78 is 5.38. The summed E-state index contributed by atoms with van der Waals surface area (Å²) in [7, 11) is 0. The first-order valence-electron chi connectivity index (χ1n) is 6.94. The zero-order valence-electron chi connectivity index (χ0n) is 11.6. The second-order valence-corrected chi connectivity index (χ2v) is 4.53. The van der Waals surface area contributed by atoms with E-state index >= 15 is 0 Å². The zero-order chi connectivity index (χ0) is 14.0. The third kappa shape index (κ3) is 4.58. The van der Waals surface area contributed by atoms with Crippen LogP contribution in [0.25, 0.3) is 11.3 Å². The highest BCUT2D eigenvalue weighted by Gasteiger charge is 1.99. The maximum Gasteiger partial charge on any atom is 0.133 e. The van der Waals surface area contributed by atoms with Gasteiger partial charge in [-0.3, -0.25) is 0 Å². The van der Waals surface area contributed by atoms with E-state index in [0.717, 1.165) is 42.8 Å². The van der Waals surface area contributed by atoms with Gasteiger partial charge in [0.2, 0.25) is 0 Å². The lowest BCUT2D eigenvalue weighted by molar-refractivity contribution is 0.582. The molecule has 0 unspecified atom stereocenters. The molecule has 0 atom stereocenters. The predicted octanol–water partition coefficient (Wildman–Crippen LogP) is 2.63. The first-order chi connectivity index (χ1) is 9.90. The molecule has 104 valence electrons. The molecule has 0 fully saturated rings. The van der Waals surface area contributed by atoms with Gasteiger partial charge in [-0.05, 0) is 50.2 Å². The quantitative estimate of drug-likeness (QED) is 0.625. The van der Waals surface area contributed by atoms with Gasteiger partial charge < -0.3 is 15.5 Å². The summed E-state index contributed by atoms with van der Waals surface area (Å²) in [5.41, 5.74) is 7.49. The van der Waals surface area contributed by atoms with Crippen molar-refractivity contribution >= 4 is 0 Å². The predicted molar refractivity (Wildman–Crippen MR) is 82.2 cm³/mol. The van der Waals surface area contributed by atoms with Crippen LogP contribution < -0.4 is 11.1 Å². The molecule has 0 saturated heterocycles. The largest absolute Gasteiger partial charge is 0.464 e. The lowest BCUT2D eigenvalue weighted by atomic mass is 10.1. The van der Waals surface area contributed by atoms with E-state index in [2.05, 4.69) is 17.2 Å². The van der Waals surface area contributed by atoms with Crippen molar-refractivity contribution in [2.45, 2.75) is 12.8 Å². The van der Waals surface area contributed by atoms with Crippen LogP contribution in [0.3, 0.4) is 0 Å². The molecule has 1 heterocycles. The van der Waals surface area contributed by atoms with Crippen molar-refractivity contribution in [2.24, 2.45) is 5.73 Å². The average Bonchev–Trinajstić information content (AvgIpc) is 3.01. The van der Waals surface area contributed by atoms with Crippen molar-refractivity contribution in [3.8, 4) is 23.2 Å². The van der Waals surface area contributed by atoms with Crippen molar-refractivity contribution in [1.82, 2.24) is 5.32 Å². The smallest absolute Gasteiger partial charge is 0.133 e. The number of benzene rings is 1. The maximum atomic E-state index is 5.44. The number of nitrogens with one attached hydrogen (secondary N) is 1. The molecule has 3 nitrogen and oxygen atoms in total. The third-order valence-corrected chi connectivity index (χ3v) is 2.92. The van der Waals surface area contributed by atoms with E-state index in [1.54, 1.807) is 6.26 Å². The fourth-order valence-corrected chi connectivity index (χ4v) is 1.88. The van der Waals surface area contributed by atoms with Crippen LogP contribution in [0.5, 0.6) is 0 Å². The zero-order valence-corrected chi connectivity index (χ0v) is 11.6. The Balaban J connectivity index is 1.86. The van der Waals surface area contributed by atoms with Gasteiger partial charge in [0.25, 0.3) is 0 Å². The fraction of sp³-hybridized carbons (Fsp3) is 0.294. The van der Waals surface area contributed by atoms with Crippen LogP contribution in [0.2, 0.25) is 0 Å². The van der Waals surface area contributed by atoms with Gasteiger partial charge in [0, 0.05) is 11.1 Å². The Morgan fingerprint density at radius 2 is 2.10 bits per heavy atom. The number of nitrogens with two attached hydrogens (primary N) is 1. The third-order valence-electron chi connectivity index (χ3n) is 2.92. The molecule has 0 radical (unpaired) electrons. The van der Waals surface area contributed by atoms with E-state index in [-0.39, 0.29) is 0 Å². The molecule has 0 aliphatic carbocycles. The number of unbranched alkanes of at least 4 members (excludes halogenated alkanes) is 1. The van der Waals surface area contributed by atoms with Crippen molar-refractivity contribution in [3.05, 3.63) is 48.2 Å². The summed E-state index contributed by atoms with van der Waals surface area (Å²) in [6, 6.07) is 11.9. The Morgan fingerprint density at radius 1 is 1.15 bits per heavy atom. The van der Waals surface area contributed by atoms with E-state index in [4.69, 9.17) is 10.2 Å². The summed E-state index contributed by atoms with van der Waals surface area (Å²) in [5.74, 6) is 7.16. The first-order valence-corrected chi connectivity index (χ1v) is 6.94. The summed E-state index contributed by atoms with van der Waals surface area (Å²) in [6.07, 6.45) is 3.84. The van der Waals surface area contributed by atoms with Gasteiger partial charge in [0.05, 0.1) is 12.8 Å². The molecule has 2 aromatic rings. The van der Waals surface area contributed by atoms with Crippen LogP contribution in [0.15, 0.2) is 47.1 Å². The molecule has 0 aliphatic heterocycles. The van der Waals surface area contributed by atoms with Crippen LogP contribution in [-0.4, -0.2) is 19.6 Å². The van der Waals surface area contributed by atoms with E-state index in [0.29, 0.717) is 6.54 Å². The molecule has 1 aromatic heterocycles. The van der Waals surface area contributed by atoms with Crippen molar-refractivity contribution in [2.75, 3.05) is 19.6 Å². The second kappa shape index (κ2) is 8.21. The minimum atomic E-state index is 0.704. The standard InChI is InChI=1S/C17H20N2O/c18-10-1-2-11-19-12-4-7-15-6-3-8-16(14-15)17-9-5-13-20-17/h3,5-6,8-9,13-14,19H,1-2,10-12,18H2. The minimum Gasteiger partial charge on any atom is -0.464 e. The van der Waals surface area contributed by atoms with Gasteiger partial charge in [0.15, 0.2) is 0 Å². The Labute approximate surface area is 120 Å². The normalized spacial score (nSPS) is 10.1. The van der Waals surface area contributed by atoms with Crippen molar-refractivity contribution in [1.29, 1.82) is 0 Å². The van der Waals surface area contributed by atoms with Crippen molar-refractivity contribution in [3.63, 3.8) is 0 Å². The Kier molecular flexibility index (Phi) is 5.91. The monoisotopic (exact) mass is 268 g/mol. The van der Waals surface area contributed by atoms with Crippen molar-refractivity contribution < 1.29 is 4.42 Å². The molecule has 0 bridgehead atoms. The van der Waals surface area contributed by atoms with E-state index in [1.165, 1.54) is 0 Å². The van der Waals surface area contributed by atoms with Crippen LogP contribution in [-0.2, 0) is 0 Å². The summed E-state index contributed by atoms with van der Waals surface area (Å²) >= 11 is 0. The Hall–Kier alpha value is -2.02. The minimum absolute atomic E-state index is 0.704. The van der Waals surface area contributed by atoms with E-state index in [1.807, 2.05) is 36.4 Å². The molecule has 1 aromatic carbocycles. The molecular weight excluding hydrogens is 248 g/mol. The van der Waals surface area contributed by atoms with Crippen LogP contribution in [0.4, 0.5) is 0 Å². The number of hydrogen-bond donors (Lipinski definition) is 2. The molecule has 3 N–H and O–H groups in total. The second-order valence-electron chi connectivity index (χ2n) is 4.53. The average molecular weight is 268 g/mol. The lowest BCUT2D eigenvalue weighted by Crippen LogP contribution is -2.16. The van der Waals surface area contributed by atoms with Gasteiger partial charge in [-0.25, -0.2) is 0 Å². The van der Waals surface area contributed by atoms with Gasteiger partial charge >= 0.3 is 0 Å². The summed E-state index contributed by atoms with van der Waals surface area (Å²) in [5, 5.41) is 3.28. The molecule has 20 heavy (non-hydrogen) atoms. The summed E-state index contributed by atoms with van der Waals surface area (Å²) in [6.45, 7) is 2.43. The van der Waals surface area contributed by atoms with Gasteiger partial charge in [-0.1, -0.05) is 24.0 Å². The van der Waals surface area contributed by atoms with Gasteiger partial charge in [0.1, 0.15) is 5.76 Å². The van der Waals surface area contributed by atoms with Crippen LogP contribution >= 0.6 is 0 Å². The molecule has 0 spiro atoms. The molecule has 2 rings (SSSR count). The molecule has 0 saturated carbocycles. The van der Waals surface area contributed by atoms with Gasteiger partial charge in [-0.15, -0.1) is 0 Å². The SMILES string of the molecule is NCCCCNCC#Cc1cccc(-c2ccco2)c1. The van der Waals surface area contributed by atoms with E-state index < -0.39 is 0 Å². The number of rotatable bonds is 6. The van der Waals surface area contributed by atoms with E-state index in [9.17, 15) is 0 Å². The highest BCUT2D eigenvalue weighted by molar-refractivity contribution is 5.60. The fourth-order valence-electron chi connectivity index (χ4n) is 1.88. The number of furan rings is 1. The summed E-state index contributed by atoms with van der Waals surface area (Å²) in [4.78, 5) is 0. The van der Waals surface area contributed by atoms with Gasteiger partial charge in [-0.2, -0.15) is 0 Å². The highest BCUT2D eigenvalue weighted by Crippen LogP contribution is 2.20. The van der Waals surface area contributed by atoms with Crippen LogP contribution in [0.1, 0.15) is 18.4 Å². The molecule has 0 aliphatic rings. The van der Waals surface area contributed by atoms with Crippen LogP contribution in [0, 0.1) is 11.8 Å². The number of hydrogen-bond acceptors (Lipinski definition) is 3. The Morgan fingerprint density at radius 3 is 2.90 bits per heavy atom.